The van der Waals surface area contributed by atoms with Crippen molar-refractivity contribution in [3.63, 3.8) is 0 Å². The van der Waals surface area contributed by atoms with Gasteiger partial charge in [-0.3, -0.25) is 0 Å². The zero-order valence-electron chi connectivity index (χ0n) is 12.1. The van der Waals surface area contributed by atoms with E-state index in [0.717, 1.165) is 0 Å². The van der Waals surface area contributed by atoms with Gasteiger partial charge in [0.2, 0.25) is 0 Å². The summed E-state index contributed by atoms with van der Waals surface area (Å²) < 4.78 is 41.6. The van der Waals surface area contributed by atoms with Crippen molar-refractivity contribution in [2.24, 2.45) is 0 Å². The highest BCUT2D eigenvalue weighted by atomic mass is 32.2. The van der Waals surface area contributed by atoms with E-state index in [1.807, 2.05) is 6.92 Å². The predicted molar refractivity (Wildman–Crippen MR) is 78.3 cm³/mol. The van der Waals surface area contributed by atoms with E-state index in [0.29, 0.717) is 30.7 Å². The van der Waals surface area contributed by atoms with Crippen LogP contribution in [0.4, 0.5) is 4.39 Å². The molecule has 1 rings (SSSR count). The van der Waals surface area contributed by atoms with Gasteiger partial charge in [-0.1, -0.05) is 13.0 Å². The Labute approximate surface area is 120 Å². The van der Waals surface area contributed by atoms with Crippen LogP contribution in [0.3, 0.4) is 0 Å². The second kappa shape index (κ2) is 7.59. The molecule has 1 aromatic carbocycles. The van der Waals surface area contributed by atoms with E-state index in [1.165, 1.54) is 19.4 Å². The molecule has 0 bridgehead atoms. The van der Waals surface area contributed by atoms with E-state index < -0.39 is 9.84 Å². The van der Waals surface area contributed by atoms with Crippen molar-refractivity contribution >= 4 is 9.84 Å². The third-order valence-corrected chi connectivity index (χ3v) is 4.07. The molecule has 114 valence electrons. The van der Waals surface area contributed by atoms with E-state index in [2.05, 4.69) is 5.32 Å². The molecule has 20 heavy (non-hydrogen) atoms. The molecule has 1 N–H and O–H groups in total. The van der Waals surface area contributed by atoms with Gasteiger partial charge in [0.05, 0.1) is 7.11 Å². The molecule has 1 atom stereocenters. The van der Waals surface area contributed by atoms with Crippen LogP contribution in [0.2, 0.25) is 0 Å². The molecule has 0 radical (unpaired) electrons. The van der Waals surface area contributed by atoms with Crippen LogP contribution in [0.25, 0.3) is 0 Å². The zero-order chi connectivity index (χ0) is 15.2. The maximum absolute atomic E-state index is 14.0. The molecule has 0 fully saturated rings. The molecule has 0 saturated heterocycles. The van der Waals surface area contributed by atoms with Gasteiger partial charge in [0.25, 0.3) is 0 Å². The molecular weight excluding hydrogens is 281 g/mol. The van der Waals surface area contributed by atoms with E-state index >= 15 is 0 Å². The summed E-state index contributed by atoms with van der Waals surface area (Å²) >= 11 is 0. The molecule has 0 heterocycles. The van der Waals surface area contributed by atoms with E-state index in [-0.39, 0.29) is 17.6 Å². The lowest BCUT2D eigenvalue weighted by atomic mass is 10.0. The van der Waals surface area contributed by atoms with Crippen molar-refractivity contribution in [1.29, 1.82) is 0 Å². The van der Waals surface area contributed by atoms with Crippen LogP contribution >= 0.6 is 0 Å². The smallest absolute Gasteiger partial charge is 0.147 e. The average molecular weight is 303 g/mol. The highest BCUT2D eigenvalue weighted by Crippen LogP contribution is 2.30. The summed E-state index contributed by atoms with van der Waals surface area (Å²) in [6.07, 6.45) is 2.23. The van der Waals surface area contributed by atoms with E-state index in [1.54, 1.807) is 12.1 Å². The number of ether oxygens (including phenoxy) is 1. The summed E-state index contributed by atoms with van der Waals surface area (Å²) in [6, 6.07) is 4.44. The van der Waals surface area contributed by atoms with Crippen molar-refractivity contribution in [2.75, 3.05) is 25.7 Å². The van der Waals surface area contributed by atoms with Gasteiger partial charge in [-0.2, -0.15) is 0 Å². The largest absolute Gasteiger partial charge is 0.496 e. The Hall–Kier alpha value is -1.14. The molecule has 0 saturated carbocycles. The number of rotatable bonds is 8. The fourth-order valence-electron chi connectivity index (χ4n) is 2.18. The molecule has 0 aliphatic heterocycles. The number of hydrogen-bond acceptors (Lipinski definition) is 4. The van der Waals surface area contributed by atoms with Gasteiger partial charge in [0.15, 0.2) is 0 Å². The molecule has 6 heteroatoms. The van der Waals surface area contributed by atoms with Crippen molar-refractivity contribution in [3.8, 4) is 5.75 Å². The van der Waals surface area contributed by atoms with Crippen LogP contribution in [-0.4, -0.2) is 34.1 Å². The molecule has 0 spiro atoms. The molecule has 1 unspecified atom stereocenters. The first-order valence-electron chi connectivity index (χ1n) is 6.62. The van der Waals surface area contributed by atoms with Crippen LogP contribution < -0.4 is 10.1 Å². The number of nitrogens with one attached hydrogen (secondary N) is 1. The van der Waals surface area contributed by atoms with Gasteiger partial charge in [-0.25, -0.2) is 12.8 Å². The summed E-state index contributed by atoms with van der Waals surface area (Å²) in [7, 11) is -1.50. The first kappa shape index (κ1) is 16.9. The third kappa shape index (κ3) is 5.09. The fourth-order valence-corrected chi connectivity index (χ4v) is 2.87. The highest BCUT2D eigenvalue weighted by Gasteiger charge is 2.20. The normalized spacial score (nSPS) is 13.2. The second-order valence-corrected chi connectivity index (χ2v) is 7.00. The lowest BCUT2D eigenvalue weighted by Gasteiger charge is -2.21. The quantitative estimate of drug-likeness (QED) is 0.800. The number of benzene rings is 1. The molecule has 0 amide bonds. The maximum atomic E-state index is 14.0. The van der Waals surface area contributed by atoms with Crippen molar-refractivity contribution in [3.05, 3.63) is 29.6 Å². The van der Waals surface area contributed by atoms with Gasteiger partial charge in [0.1, 0.15) is 21.4 Å². The Bertz CT molecular complexity index is 531. The second-order valence-electron chi connectivity index (χ2n) is 4.74. The Morgan fingerprint density at radius 3 is 2.65 bits per heavy atom. The molecule has 0 aliphatic rings. The summed E-state index contributed by atoms with van der Waals surface area (Å²) in [5.74, 6) is 0.246. The lowest BCUT2D eigenvalue weighted by Crippen LogP contribution is -2.23. The van der Waals surface area contributed by atoms with Crippen LogP contribution in [0.15, 0.2) is 18.2 Å². The van der Waals surface area contributed by atoms with Crippen LogP contribution in [0.1, 0.15) is 31.4 Å². The molecule has 0 aliphatic carbocycles. The highest BCUT2D eigenvalue weighted by molar-refractivity contribution is 7.90. The number of halogens is 1. The maximum Gasteiger partial charge on any atom is 0.147 e. The number of hydrogen-bond donors (Lipinski definition) is 1. The minimum atomic E-state index is -3.00. The molecule has 4 nitrogen and oxygen atoms in total. The standard InChI is InChI=1S/C14H22FNO3S/c1-4-16-12(8-6-10-20(3,17)18)14-11(15)7-5-9-13(14)19-2/h5,7,9,12,16H,4,6,8,10H2,1-3H3. The molecular formula is C14H22FNO3S. The van der Waals surface area contributed by atoms with E-state index in [9.17, 15) is 12.8 Å². The fraction of sp³-hybridized carbons (Fsp3) is 0.571. The Balaban J connectivity index is 2.90. The minimum absolute atomic E-state index is 0.103. The monoisotopic (exact) mass is 303 g/mol. The summed E-state index contributed by atoms with van der Waals surface area (Å²) in [6.45, 7) is 2.60. The average Bonchev–Trinajstić information content (AvgIpc) is 2.36. The van der Waals surface area contributed by atoms with Gasteiger partial charge in [-0.15, -0.1) is 0 Å². The lowest BCUT2D eigenvalue weighted by molar-refractivity contribution is 0.386. The minimum Gasteiger partial charge on any atom is -0.496 e. The van der Waals surface area contributed by atoms with Crippen molar-refractivity contribution in [2.45, 2.75) is 25.8 Å². The topological polar surface area (TPSA) is 55.4 Å². The van der Waals surface area contributed by atoms with Gasteiger partial charge in [0, 0.05) is 23.6 Å². The first-order chi connectivity index (χ1) is 9.39. The Morgan fingerprint density at radius 2 is 2.10 bits per heavy atom. The Kier molecular flexibility index (Phi) is 6.42. The van der Waals surface area contributed by atoms with Gasteiger partial charge < -0.3 is 10.1 Å². The van der Waals surface area contributed by atoms with Gasteiger partial charge in [-0.05, 0) is 31.5 Å². The Morgan fingerprint density at radius 1 is 1.40 bits per heavy atom. The third-order valence-electron chi connectivity index (χ3n) is 3.04. The predicted octanol–water partition coefficient (Wildman–Crippen LogP) is 2.31. The van der Waals surface area contributed by atoms with Crippen LogP contribution in [-0.2, 0) is 9.84 Å². The molecule has 0 aromatic heterocycles. The SMILES string of the molecule is CCNC(CCCS(C)(=O)=O)c1c(F)cccc1OC. The van der Waals surface area contributed by atoms with Crippen LogP contribution in [0.5, 0.6) is 5.75 Å². The van der Waals surface area contributed by atoms with E-state index in [4.69, 9.17) is 4.74 Å². The first-order valence-corrected chi connectivity index (χ1v) is 8.68. The number of methoxy groups -OCH3 is 1. The van der Waals surface area contributed by atoms with Gasteiger partial charge >= 0.3 is 0 Å². The summed E-state index contributed by atoms with van der Waals surface area (Å²) in [5, 5.41) is 3.19. The van der Waals surface area contributed by atoms with Crippen molar-refractivity contribution < 1.29 is 17.5 Å². The zero-order valence-corrected chi connectivity index (χ0v) is 13.0. The summed E-state index contributed by atoms with van der Waals surface area (Å²) in [4.78, 5) is 0. The van der Waals surface area contributed by atoms with Crippen LogP contribution in [0, 0.1) is 5.82 Å². The molecule has 1 aromatic rings. The number of sulfone groups is 1. The summed E-state index contributed by atoms with van der Waals surface area (Å²) in [5.41, 5.74) is 0.463. The van der Waals surface area contributed by atoms with Crippen molar-refractivity contribution in [1.82, 2.24) is 5.32 Å².